The minimum atomic E-state index is -3.31. The number of piperidine rings is 1. The number of carbonyl (C=O) groups excluding carboxylic acids is 1. The second kappa shape index (κ2) is 6.05. The van der Waals surface area contributed by atoms with Crippen molar-refractivity contribution in [1.29, 1.82) is 0 Å². The molecule has 0 aromatic heterocycles. The standard InChI is InChI=1S/C11H20ClNO3S/c1-9(17(2,15)16)11(14)13-8-4-3-5-10(13)6-7-12/h9-10H,3-8H2,1-2H3. The molecule has 1 aliphatic rings. The van der Waals surface area contributed by atoms with Gasteiger partial charge in [-0.15, -0.1) is 11.6 Å². The van der Waals surface area contributed by atoms with E-state index in [1.165, 1.54) is 6.92 Å². The molecule has 0 aromatic carbocycles. The number of rotatable bonds is 4. The van der Waals surface area contributed by atoms with Crippen LogP contribution in [-0.2, 0) is 14.6 Å². The summed E-state index contributed by atoms with van der Waals surface area (Å²) < 4.78 is 22.8. The van der Waals surface area contributed by atoms with Gasteiger partial charge in [0.05, 0.1) is 0 Å². The first-order chi connectivity index (χ1) is 7.88. The van der Waals surface area contributed by atoms with Crippen LogP contribution in [0.4, 0.5) is 0 Å². The molecule has 4 nitrogen and oxygen atoms in total. The second-order valence-corrected chi connectivity index (χ2v) is 7.37. The Morgan fingerprint density at radius 1 is 1.47 bits per heavy atom. The molecule has 0 N–H and O–H groups in total. The van der Waals surface area contributed by atoms with Crippen LogP contribution in [0.25, 0.3) is 0 Å². The fraction of sp³-hybridized carbons (Fsp3) is 0.909. The van der Waals surface area contributed by atoms with Crippen LogP contribution >= 0.6 is 11.6 Å². The number of alkyl halides is 1. The first kappa shape index (κ1) is 14.8. The van der Waals surface area contributed by atoms with E-state index in [0.717, 1.165) is 31.9 Å². The van der Waals surface area contributed by atoms with Crippen LogP contribution in [0, 0.1) is 0 Å². The Labute approximate surface area is 108 Å². The molecule has 0 spiro atoms. The molecule has 0 saturated carbocycles. The SMILES string of the molecule is CC(C(=O)N1CCCCC1CCCl)S(C)(=O)=O. The molecule has 17 heavy (non-hydrogen) atoms. The lowest BCUT2D eigenvalue weighted by Crippen LogP contribution is -2.49. The molecule has 1 saturated heterocycles. The van der Waals surface area contributed by atoms with Gasteiger partial charge >= 0.3 is 0 Å². The first-order valence-electron chi connectivity index (χ1n) is 5.93. The van der Waals surface area contributed by atoms with Crippen molar-refractivity contribution in [2.45, 2.75) is 43.9 Å². The minimum absolute atomic E-state index is 0.109. The zero-order chi connectivity index (χ0) is 13.1. The summed E-state index contributed by atoms with van der Waals surface area (Å²) in [7, 11) is -3.31. The van der Waals surface area contributed by atoms with E-state index < -0.39 is 15.1 Å². The molecule has 1 heterocycles. The third kappa shape index (κ3) is 3.85. The van der Waals surface area contributed by atoms with E-state index in [1.807, 2.05) is 0 Å². The first-order valence-corrected chi connectivity index (χ1v) is 8.42. The van der Waals surface area contributed by atoms with Gasteiger partial charge in [-0.3, -0.25) is 4.79 Å². The Hall–Kier alpha value is -0.290. The van der Waals surface area contributed by atoms with Crippen LogP contribution < -0.4 is 0 Å². The molecular formula is C11H20ClNO3S. The van der Waals surface area contributed by atoms with Gasteiger partial charge in [0.2, 0.25) is 5.91 Å². The molecule has 1 aliphatic heterocycles. The summed E-state index contributed by atoms with van der Waals surface area (Å²) in [5, 5.41) is -0.946. The van der Waals surface area contributed by atoms with Gasteiger partial charge in [0.1, 0.15) is 5.25 Å². The van der Waals surface area contributed by atoms with Gasteiger partial charge in [-0.05, 0) is 32.6 Å². The molecule has 0 bridgehead atoms. The smallest absolute Gasteiger partial charge is 0.240 e. The quantitative estimate of drug-likeness (QED) is 0.733. The number of hydrogen-bond donors (Lipinski definition) is 0. The topological polar surface area (TPSA) is 54.5 Å². The predicted molar refractivity (Wildman–Crippen MR) is 69.0 cm³/mol. The largest absolute Gasteiger partial charge is 0.339 e. The van der Waals surface area contributed by atoms with E-state index >= 15 is 0 Å². The molecule has 2 atom stereocenters. The highest BCUT2D eigenvalue weighted by atomic mass is 35.5. The maximum absolute atomic E-state index is 12.1. The summed E-state index contributed by atoms with van der Waals surface area (Å²) in [6.45, 7) is 2.12. The Kier molecular flexibility index (Phi) is 5.25. The van der Waals surface area contributed by atoms with Crippen molar-refractivity contribution in [2.75, 3.05) is 18.7 Å². The zero-order valence-corrected chi connectivity index (χ0v) is 11.9. The summed E-state index contributed by atoms with van der Waals surface area (Å²) in [6, 6.07) is 0.109. The van der Waals surface area contributed by atoms with E-state index in [1.54, 1.807) is 4.90 Å². The van der Waals surface area contributed by atoms with Crippen molar-refractivity contribution in [1.82, 2.24) is 4.90 Å². The van der Waals surface area contributed by atoms with Crippen molar-refractivity contribution in [3.63, 3.8) is 0 Å². The summed E-state index contributed by atoms with van der Waals surface area (Å²) in [4.78, 5) is 13.8. The third-order valence-electron chi connectivity index (χ3n) is 3.34. The third-order valence-corrected chi connectivity index (χ3v) is 5.05. The summed E-state index contributed by atoms with van der Waals surface area (Å²) in [6.07, 6.45) is 4.80. The van der Waals surface area contributed by atoms with E-state index in [4.69, 9.17) is 11.6 Å². The molecular weight excluding hydrogens is 262 g/mol. The molecule has 1 rings (SSSR count). The fourth-order valence-corrected chi connectivity index (χ4v) is 2.89. The van der Waals surface area contributed by atoms with Crippen LogP contribution in [0.2, 0.25) is 0 Å². The number of hydrogen-bond acceptors (Lipinski definition) is 3. The Balaban J connectivity index is 2.78. The van der Waals surface area contributed by atoms with E-state index in [9.17, 15) is 13.2 Å². The van der Waals surface area contributed by atoms with Gasteiger partial charge < -0.3 is 4.90 Å². The Bertz CT molecular complexity index is 367. The van der Waals surface area contributed by atoms with Crippen LogP contribution in [0.1, 0.15) is 32.6 Å². The maximum Gasteiger partial charge on any atom is 0.240 e. The van der Waals surface area contributed by atoms with Crippen LogP contribution in [-0.4, -0.2) is 49.2 Å². The van der Waals surface area contributed by atoms with Crippen molar-refractivity contribution < 1.29 is 13.2 Å². The highest BCUT2D eigenvalue weighted by Gasteiger charge is 2.33. The highest BCUT2D eigenvalue weighted by molar-refractivity contribution is 7.92. The number of carbonyl (C=O) groups is 1. The van der Waals surface area contributed by atoms with Crippen LogP contribution in [0.3, 0.4) is 0 Å². The van der Waals surface area contributed by atoms with Crippen molar-refractivity contribution in [2.24, 2.45) is 0 Å². The molecule has 0 radical (unpaired) electrons. The summed E-state index contributed by atoms with van der Waals surface area (Å²) in [5.41, 5.74) is 0. The Morgan fingerprint density at radius 2 is 2.12 bits per heavy atom. The maximum atomic E-state index is 12.1. The summed E-state index contributed by atoms with van der Waals surface area (Å²) in [5.74, 6) is 0.226. The van der Waals surface area contributed by atoms with Gasteiger partial charge in [-0.1, -0.05) is 0 Å². The van der Waals surface area contributed by atoms with Gasteiger partial charge in [-0.25, -0.2) is 8.42 Å². The van der Waals surface area contributed by atoms with Gasteiger partial charge in [-0.2, -0.15) is 0 Å². The average Bonchev–Trinajstić information content (AvgIpc) is 2.27. The number of halogens is 1. The average molecular weight is 282 g/mol. The molecule has 0 aliphatic carbocycles. The minimum Gasteiger partial charge on any atom is -0.339 e. The Morgan fingerprint density at radius 3 is 2.65 bits per heavy atom. The fourth-order valence-electron chi connectivity index (χ4n) is 2.13. The van der Waals surface area contributed by atoms with Gasteiger partial charge in [0.15, 0.2) is 9.84 Å². The van der Waals surface area contributed by atoms with Crippen molar-refractivity contribution >= 4 is 27.3 Å². The number of sulfone groups is 1. The van der Waals surface area contributed by atoms with Crippen LogP contribution in [0.5, 0.6) is 0 Å². The molecule has 0 aromatic rings. The zero-order valence-electron chi connectivity index (χ0n) is 10.4. The molecule has 6 heteroatoms. The lowest BCUT2D eigenvalue weighted by atomic mass is 9.99. The van der Waals surface area contributed by atoms with Crippen molar-refractivity contribution in [3.8, 4) is 0 Å². The van der Waals surface area contributed by atoms with Crippen LogP contribution in [0.15, 0.2) is 0 Å². The second-order valence-electron chi connectivity index (χ2n) is 4.63. The van der Waals surface area contributed by atoms with Crippen molar-refractivity contribution in [3.05, 3.63) is 0 Å². The monoisotopic (exact) mass is 281 g/mol. The molecule has 1 amide bonds. The van der Waals surface area contributed by atoms with Gasteiger partial charge in [0.25, 0.3) is 0 Å². The van der Waals surface area contributed by atoms with E-state index in [2.05, 4.69) is 0 Å². The van der Waals surface area contributed by atoms with E-state index in [-0.39, 0.29) is 11.9 Å². The predicted octanol–water partition coefficient (Wildman–Crippen LogP) is 1.43. The lowest BCUT2D eigenvalue weighted by Gasteiger charge is -2.36. The van der Waals surface area contributed by atoms with Gasteiger partial charge in [0, 0.05) is 24.7 Å². The van der Waals surface area contributed by atoms with E-state index in [0.29, 0.717) is 12.4 Å². The highest BCUT2D eigenvalue weighted by Crippen LogP contribution is 2.22. The number of likely N-dealkylation sites (tertiary alicyclic amines) is 1. The number of amides is 1. The molecule has 1 fully saturated rings. The lowest BCUT2D eigenvalue weighted by molar-refractivity contribution is -0.134. The number of nitrogens with zero attached hydrogens (tertiary/aromatic N) is 1. The summed E-state index contributed by atoms with van der Waals surface area (Å²) >= 11 is 5.72. The molecule has 2 unspecified atom stereocenters. The normalized spacial score (nSPS) is 23.5. The molecule has 100 valence electrons.